The van der Waals surface area contributed by atoms with Gasteiger partial charge in [0.05, 0.1) is 11.7 Å². The van der Waals surface area contributed by atoms with Gasteiger partial charge in [-0.15, -0.1) is 0 Å². The zero-order valence-electron chi connectivity index (χ0n) is 7.96. The molecule has 72 valence electrons. The van der Waals surface area contributed by atoms with E-state index < -0.39 is 0 Å². The molecule has 0 bridgehead atoms. The molecule has 14 heavy (non-hydrogen) atoms. The Morgan fingerprint density at radius 1 is 1.50 bits per heavy atom. The van der Waals surface area contributed by atoms with E-state index in [1.54, 1.807) is 0 Å². The van der Waals surface area contributed by atoms with Crippen LogP contribution in [0.25, 0.3) is 10.9 Å². The molecule has 3 N–H and O–H groups in total. The number of fused-ring (bicyclic) bond motifs is 3. The Morgan fingerprint density at radius 3 is 3.36 bits per heavy atom. The number of hydrogen-bond acceptors (Lipinski definition) is 2. The Morgan fingerprint density at radius 2 is 2.43 bits per heavy atom. The number of nitrogens with one attached hydrogen (secondary N) is 1. The van der Waals surface area contributed by atoms with Gasteiger partial charge in [0.15, 0.2) is 0 Å². The first kappa shape index (κ1) is 8.00. The first-order valence-corrected chi connectivity index (χ1v) is 5.03. The first-order chi connectivity index (χ1) is 6.84. The van der Waals surface area contributed by atoms with E-state index in [1.165, 1.54) is 16.6 Å². The van der Waals surface area contributed by atoms with Gasteiger partial charge in [-0.2, -0.15) is 0 Å². The molecule has 3 rings (SSSR count). The van der Waals surface area contributed by atoms with Crippen molar-refractivity contribution in [3.8, 4) is 0 Å². The number of aromatic amines is 1. The zero-order chi connectivity index (χ0) is 9.54. The molecule has 2 heterocycles. The van der Waals surface area contributed by atoms with Gasteiger partial charge in [0.2, 0.25) is 0 Å². The van der Waals surface area contributed by atoms with E-state index in [0.717, 1.165) is 24.8 Å². The van der Waals surface area contributed by atoms with Gasteiger partial charge in [-0.3, -0.25) is 4.98 Å². The lowest BCUT2D eigenvalue weighted by atomic mass is 9.92. The molecular formula is C11H13N3. The number of nitrogens with zero attached hydrogens (tertiary/aromatic N) is 1. The molecule has 0 aliphatic heterocycles. The minimum atomic E-state index is 0.328. The van der Waals surface area contributed by atoms with Crippen molar-refractivity contribution in [3.05, 3.63) is 29.7 Å². The summed E-state index contributed by atoms with van der Waals surface area (Å²) in [6, 6.07) is 2.40. The molecule has 1 unspecified atom stereocenters. The summed E-state index contributed by atoms with van der Waals surface area (Å²) in [6.07, 6.45) is 6.90. The maximum absolute atomic E-state index is 5.97. The lowest BCUT2D eigenvalue weighted by molar-refractivity contribution is 0.574. The predicted molar refractivity (Wildman–Crippen MR) is 56.1 cm³/mol. The van der Waals surface area contributed by atoms with Crippen molar-refractivity contribution in [3.63, 3.8) is 0 Å². The quantitative estimate of drug-likeness (QED) is 0.654. The monoisotopic (exact) mass is 187 g/mol. The van der Waals surface area contributed by atoms with Crippen LogP contribution in [0.1, 0.15) is 17.7 Å². The number of aromatic nitrogens is 2. The van der Waals surface area contributed by atoms with Gasteiger partial charge in [-0.1, -0.05) is 0 Å². The summed E-state index contributed by atoms with van der Waals surface area (Å²) in [6.45, 7) is 0. The standard InChI is InChI=1S/C11H13N3/c12-7-1-2-10-9(5-7)8-3-4-13-6-11(8)14-10/h3-4,6-7,14H,1-2,5,12H2. The van der Waals surface area contributed by atoms with E-state index in [1.807, 2.05) is 12.4 Å². The smallest absolute Gasteiger partial charge is 0.0645 e. The van der Waals surface area contributed by atoms with E-state index >= 15 is 0 Å². The Bertz CT molecular complexity index is 472. The van der Waals surface area contributed by atoms with Crippen LogP contribution in [-0.4, -0.2) is 16.0 Å². The molecule has 2 aromatic rings. The number of hydrogen-bond donors (Lipinski definition) is 2. The van der Waals surface area contributed by atoms with Crippen molar-refractivity contribution in [2.24, 2.45) is 5.73 Å². The van der Waals surface area contributed by atoms with E-state index in [4.69, 9.17) is 5.73 Å². The molecule has 1 atom stereocenters. The molecule has 2 aromatic heterocycles. The normalized spacial score (nSPS) is 21.1. The molecule has 0 fully saturated rings. The maximum atomic E-state index is 5.97. The highest BCUT2D eigenvalue weighted by molar-refractivity contribution is 5.84. The Labute approximate surface area is 82.3 Å². The Hall–Kier alpha value is -1.35. The highest BCUT2D eigenvalue weighted by Gasteiger charge is 2.19. The summed E-state index contributed by atoms with van der Waals surface area (Å²) in [4.78, 5) is 7.53. The van der Waals surface area contributed by atoms with Crippen molar-refractivity contribution < 1.29 is 0 Å². The Balaban J connectivity index is 2.25. The molecule has 0 saturated carbocycles. The second-order valence-corrected chi connectivity index (χ2v) is 4.01. The summed E-state index contributed by atoms with van der Waals surface area (Å²) in [5.41, 5.74) is 9.88. The van der Waals surface area contributed by atoms with E-state index in [0.29, 0.717) is 6.04 Å². The third-order valence-corrected chi connectivity index (χ3v) is 3.03. The van der Waals surface area contributed by atoms with Crippen LogP contribution in [0.15, 0.2) is 18.5 Å². The topological polar surface area (TPSA) is 54.7 Å². The molecule has 3 nitrogen and oxygen atoms in total. The molecule has 0 aromatic carbocycles. The summed E-state index contributed by atoms with van der Waals surface area (Å²) in [5.74, 6) is 0. The minimum Gasteiger partial charge on any atom is -0.357 e. The lowest BCUT2D eigenvalue weighted by Crippen LogP contribution is -2.27. The van der Waals surface area contributed by atoms with Crippen molar-refractivity contribution in [1.29, 1.82) is 0 Å². The van der Waals surface area contributed by atoms with Crippen LogP contribution in [0.2, 0.25) is 0 Å². The van der Waals surface area contributed by atoms with Crippen molar-refractivity contribution in [2.45, 2.75) is 25.3 Å². The van der Waals surface area contributed by atoms with E-state index in [-0.39, 0.29) is 0 Å². The molecular weight excluding hydrogens is 174 g/mol. The van der Waals surface area contributed by atoms with Crippen LogP contribution in [0.4, 0.5) is 0 Å². The maximum Gasteiger partial charge on any atom is 0.0645 e. The Kier molecular flexibility index (Phi) is 1.61. The molecule has 1 aliphatic carbocycles. The van der Waals surface area contributed by atoms with Gasteiger partial charge in [0.1, 0.15) is 0 Å². The molecule has 0 amide bonds. The van der Waals surface area contributed by atoms with Crippen LogP contribution >= 0.6 is 0 Å². The average molecular weight is 187 g/mol. The van der Waals surface area contributed by atoms with Crippen LogP contribution in [0.3, 0.4) is 0 Å². The fourth-order valence-corrected chi connectivity index (χ4v) is 2.30. The fraction of sp³-hybridized carbons (Fsp3) is 0.364. The molecule has 3 heteroatoms. The van der Waals surface area contributed by atoms with E-state index in [2.05, 4.69) is 16.0 Å². The number of H-pyrrole nitrogens is 1. The molecule has 0 radical (unpaired) electrons. The lowest BCUT2D eigenvalue weighted by Gasteiger charge is -2.17. The second-order valence-electron chi connectivity index (χ2n) is 4.01. The van der Waals surface area contributed by atoms with Gasteiger partial charge >= 0.3 is 0 Å². The molecule has 1 aliphatic rings. The minimum absolute atomic E-state index is 0.328. The largest absolute Gasteiger partial charge is 0.357 e. The molecule has 0 saturated heterocycles. The van der Waals surface area contributed by atoms with Gasteiger partial charge in [-0.05, 0) is 30.9 Å². The zero-order valence-corrected chi connectivity index (χ0v) is 7.96. The van der Waals surface area contributed by atoms with Crippen LogP contribution < -0.4 is 5.73 Å². The fourth-order valence-electron chi connectivity index (χ4n) is 2.30. The third kappa shape index (κ3) is 1.06. The summed E-state index contributed by atoms with van der Waals surface area (Å²) in [7, 11) is 0. The van der Waals surface area contributed by atoms with Crippen LogP contribution in [-0.2, 0) is 12.8 Å². The number of nitrogens with two attached hydrogens (primary N) is 1. The molecule has 0 spiro atoms. The van der Waals surface area contributed by atoms with Crippen LogP contribution in [0, 0.1) is 0 Å². The van der Waals surface area contributed by atoms with Gasteiger partial charge in [-0.25, -0.2) is 0 Å². The van der Waals surface area contributed by atoms with Gasteiger partial charge < -0.3 is 10.7 Å². The number of rotatable bonds is 0. The van der Waals surface area contributed by atoms with Crippen molar-refractivity contribution >= 4 is 10.9 Å². The van der Waals surface area contributed by atoms with Gasteiger partial charge in [0, 0.05) is 23.3 Å². The second kappa shape index (κ2) is 2.82. The van der Waals surface area contributed by atoms with Crippen molar-refractivity contribution in [1.82, 2.24) is 9.97 Å². The third-order valence-electron chi connectivity index (χ3n) is 3.03. The van der Waals surface area contributed by atoms with Crippen LogP contribution in [0.5, 0.6) is 0 Å². The SMILES string of the molecule is NC1CCc2[nH]c3cnccc3c2C1. The first-order valence-electron chi connectivity index (χ1n) is 5.03. The van der Waals surface area contributed by atoms with E-state index in [9.17, 15) is 0 Å². The van der Waals surface area contributed by atoms with Crippen molar-refractivity contribution in [2.75, 3.05) is 0 Å². The predicted octanol–water partition coefficient (Wildman–Crippen LogP) is 1.38. The van der Waals surface area contributed by atoms with Gasteiger partial charge in [0.25, 0.3) is 0 Å². The number of pyridine rings is 1. The highest BCUT2D eigenvalue weighted by atomic mass is 14.8. The highest BCUT2D eigenvalue weighted by Crippen LogP contribution is 2.27. The summed E-state index contributed by atoms with van der Waals surface area (Å²) < 4.78 is 0. The summed E-state index contributed by atoms with van der Waals surface area (Å²) >= 11 is 0. The average Bonchev–Trinajstić information content (AvgIpc) is 2.56. The summed E-state index contributed by atoms with van der Waals surface area (Å²) in [5, 5.41) is 1.30. The number of aryl methyl sites for hydroxylation is 1.